The molecule has 7 nitrogen and oxygen atoms in total. The van der Waals surface area contributed by atoms with E-state index in [1.165, 1.54) is 6.07 Å². The molecule has 0 spiro atoms. The van der Waals surface area contributed by atoms with E-state index < -0.39 is 11.7 Å². The van der Waals surface area contributed by atoms with Gasteiger partial charge in [-0.3, -0.25) is 4.98 Å². The van der Waals surface area contributed by atoms with Crippen molar-refractivity contribution in [2.24, 2.45) is 0 Å². The average Bonchev–Trinajstić information content (AvgIpc) is 3.33. The summed E-state index contributed by atoms with van der Waals surface area (Å²) in [6.45, 7) is 0.0218. The molecule has 1 atom stereocenters. The maximum absolute atomic E-state index is 12.7. The summed E-state index contributed by atoms with van der Waals surface area (Å²) in [5.41, 5.74) is 1.31. The molecule has 0 amide bonds. The van der Waals surface area contributed by atoms with Crippen LogP contribution in [0.5, 0.6) is 5.88 Å². The first-order chi connectivity index (χ1) is 15.9. The monoisotopic (exact) mass is 458 g/mol. The number of aromatic nitrogens is 4. The van der Waals surface area contributed by atoms with E-state index >= 15 is 0 Å². The fourth-order valence-corrected chi connectivity index (χ4v) is 3.33. The van der Waals surface area contributed by atoms with E-state index in [2.05, 4.69) is 19.9 Å². The van der Waals surface area contributed by atoms with Gasteiger partial charge in [0.05, 0.1) is 25.5 Å². The number of imidazole rings is 1. The highest BCUT2D eigenvalue weighted by Gasteiger charge is 2.30. The Balaban J connectivity index is 1.41. The van der Waals surface area contributed by atoms with Gasteiger partial charge in [0.2, 0.25) is 5.88 Å². The number of methoxy groups -OCH3 is 2. The van der Waals surface area contributed by atoms with E-state index in [1.54, 1.807) is 38.8 Å². The Morgan fingerprint density at radius 2 is 1.85 bits per heavy atom. The molecule has 3 aromatic rings. The van der Waals surface area contributed by atoms with Crippen LogP contribution < -0.4 is 4.74 Å². The standard InChI is InChI=1S/C23H21F3N4O3/c1-31-20-9-14(18-12-29-22(30-18)15-4-8-21(32-2)28-10-15)3-7-19(20)33-13-17-6-5-16(11-27-17)23(24,25)26/h3-8,10-12,14H,9,13H2,1-2H3,(H,29,30). The second-order valence-electron chi connectivity index (χ2n) is 7.26. The van der Waals surface area contributed by atoms with Gasteiger partial charge in [-0.25, -0.2) is 9.97 Å². The number of hydrogen-bond donors (Lipinski definition) is 1. The zero-order valence-corrected chi connectivity index (χ0v) is 17.9. The third-order valence-electron chi connectivity index (χ3n) is 5.15. The summed E-state index contributed by atoms with van der Waals surface area (Å²) in [6, 6.07) is 5.91. The maximum Gasteiger partial charge on any atom is 0.417 e. The second-order valence-corrected chi connectivity index (χ2v) is 7.26. The van der Waals surface area contributed by atoms with Gasteiger partial charge in [-0.2, -0.15) is 13.2 Å². The van der Waals surface area contributed by atoms with Gasteiger partial charge < -0.3 is 19.2 Å². The van der Waals surface area contributed by atoms with E-state index in [0.717, 1.165) is 23.5 Å². The number of allylic oxidation sites excluding steroid dienone is 3. The quantitative estimate of drug-likeness (QED) is 0.536. The molecule has 0 saturated heterocycles. The summed E-state index contributed by atoms with van der Waals surface area (Å²) in [7, 11) is 3.11. The SMILES string of the molecule is COC1=C(OCc2ccc(C(F)(F)F)cn2)C=CC(c2cnc(-c3ccc(OC)nc3)[nH]2)C1. The zero-order chi connectivity index (χ0) is 23.4. The van der Waals surface area contributed by atoms with Crippen molar-refractivity contribution in [2.45, 2.75) is 25.1 Å². The number of H-pyrrole nitrogens is 1. The van der Waals surface area contributed by atoms with Gasteiger partial charge in [-0.05, 0) is 24.3 Å². The van der Waals surface area contributed by atoms with Gasteiger partial charge in [0, 0.05) is 48.3 Å². The van der Waals surface area contributed by atoms with Gasteiger partial charge in [0.15, 0.2) is 5.76 Å². The summed E-state index contributed by atoms with van der Waals surface area (Å²) in [4.78, 5) is 15.8. The molecule has 1 aliphatic rings. The fourth-order valence-electron chi connectivity index (χ4n) is 3.33. The number of alkyl halides is 3. The minimum Gasteiger partial charge on any atom is -0.497 e. The summed E-state index contributed by atoms with van der Waals surface area (Å²) in [5.74, 6) is 2.33. The Kier molecular flexibility index (Phi) is 6.34. The molecule has 10 heteroatoms. The molecule has 3 heterocycles. The molecule has 0 bridgehead atoms. The highest BCUT2D eigenvalue weighted by molar-refractivity contribution is 5.54. The van der Waals surface area contributed by atoms with Crippen LogP contribution in [0.3, 0.4) is 0 Å². The van der Waals surface area contributed by atoms with Gasteiger partial charge in [-0.1, -0.05) is 6.08 Å². The van der Waals surface area contributed by atoms with Crippen molar-refractivity contribution in [3.63, 3.8) is 0 Å². The number of nitrogens with one attached hydrogen (secondary N) is 1. The molecule has 33 heavy (non-hydrogen) atoms. The van der Waals surface area contributed by atoms with Gasteiger partial charge >= 0.3 is 6.18 Å². The second kappa shape index (κ2) is 9.35. The van der Waals surface area contributed by atoms with E-state index in [1.807, 2.05) is 12.1 Å². The van der Waals surface area contributed by atoms with Gasteiger partial charge in [-0.15, -0.1) is 0 Å². The third kappa shape index (κ3) is 5.16. The summed E-state index contributed by atoms with van der Waals surface area (Å²) in [6.07, 6.45) is 4.10. The smallest absolute Gasteiger partial charge is 0.417 e. The molecule has 0 saturated carbocycles. The van der Waals surface area contributed by atoms with Crippen molar-refractivity contribution in [1.29, 1.82) is 0 Å². The number of halogens is 3. The Bertz CT molecular complexity index is 1150. The molecular weight excluding hydrogens is 437 g/mol. The van der Waals surface area contributed by atoms with Crippen molar-refractivity contribution in [2.75, 3.05) is 14.2 Å². The minimum absolute atomic E-state index is 0.0102. The zero-order valence-electron chi connectivity index (χ0n) is 17.9. The van der Waals surface area contributed by atoms with Crippen LogP contribution in [0.2, 0.25) is 0 Å². The topological polar surface area (TPSA) is 82.2 Å². The molecule has 3 aromatic heterocycles. The van der Waals surface area contributed by atoms with Crippen molar-refractivity contribution in [1.82, 2.24) is 19.9 Å². The lowest BCUT2D eigenvalue weighted by Gasteiger charge is -2.21. The number of pyridine rings is 2. The number of aromatic amines is 1. The Hall–Kier alpha value is -3.82. The number of nitrogens with zero attached hydrogens (tertiary/aromatic N) is 3. The number of hydrogen-bond acceptors (Lipinski definition) is 6. The van der Waals surface area contributed by atoms with E-state index in [9.17, 15) is 13.2 Å². The van der Waals surface area contributed by atoms with E-state index in [4.69, 9.17) is 14.2 Å². The molecule has 0 fully saturated rings. The third-order valence-corrected chi connectivity index (χ3v) is 5.15. The predicted octanol–water partition coefficient (Wildman–Crippen LogP) is 5.01. The van der Waals surface area contributed by atoms with Crippen molar-refractivity contribution in [3.8, 4) is 17.3 Å². The van der Waals surface area contributed by atoms with Crippen LogP contribution in [-0.2, 0) is 22.3 Å². The van der Waals surface area contributed by atoms with Crippen molar-refractivity contribution >= 4 is 0 Å². The summed E-state index contributed by atoms with van der Waals surface area (Å²) >= 11 is 0. The Morgan fingerprint density at radius 1 is 1.00 bits per heavy atom. The molecule has 1 N–H and O–H groups in total. The molecule has 4 rings (SSSR count). The highest BCUT2D eigenvalue weighted by Crippen LogP contribution is 2.33. The highest BCUT2D eigenvalue weighted by atomic mass is 19.4. The predicted molar refractivity (Wildman–Crippen MR) is 113 cm³/mol. The molecule has 0 aliphatic heterocycles. The first kappa shape index (κ1) is 22.4. The van der Waals surface area contributed by atoms with Crippen LogP contribution in [0.15, 0.2) is 66.5 Å². The number of ether oxygens (including phenoxy) is 3. The van der Waals surface area contributed by atoms with Crippen molar-refractivity contribution < 1.29 is 27.4 Å². The lowest BCUT2D eigenvalue weighted by molar-refractivity contribution is -0.137. The first-order valence-corrected chi connectivity index (χ1v) is 10.0. The van der Waals surface area contributed by atoms with Crippen LogP contribution in [0, 0.1) is 0 Å². The lowest BCUT2D eigenvalue weighted by Crippen LogP contribution is -2.09. The van der Waals surface area contributed by atoms with Crippen LogP contribution in [-0.4, -0.2) is 34.2 Å². The molecule has 0 aromatic carbocycles. The van der Waals surface area contributed by atoms with Crippen LogP contribution in [0.4, 0.5) is 13.2 Å². The lowest BCUT2D eigenvalue weighted by atomic mass is 9.95. The number of rotatable bonds is 7. The van der Waals surface area contributed by atoms with Crippen molar-refractivity contribution in [3.05, 3.63) is 83.5 Å². The van der Waals surface area contributed by atoms with Crippen LogP contribution in [0.1, 0.15) is 29.3 Å². The first-order valence-electron chi connectivity index (χ1n) is 10.0. The fraction of sp³-hybridized carbons (Fsp3) is 0.261. The molecule has 0 radical (unpaired) electrons. The van der Waals surface area contributed by atoms with Crippen LogP contribution >= 0.6 is 0 Å². The van der Waals surface area contributed by atoms with E-state index in [0.29, 0.717) is 35.3 Å². The van der Waals surface area contributed by atoms with Crippen LogP contribution in [0.25, 0.3) is 11.4 Å². The normalized spacial score (nSPS) is 16.1. The molecule has 1 aliphatic carbocycles. The van der Waals surface area contributed by atoms with Gasteiger partial charge in [0.25, 0.3) is 0 Å². The average molecular weight is 458 g/mol. The Labute approximate surface area is 188 Å². The largest absolute Gasteiger partial charge is 0.497 e. The minimum atomic E-state index is -4.42. The molecule has 1 unspecified atom stereocenters. The van der Waals surface area contributed by atoms with Gasteiger partial charge in [0.1, 0.15) is 18.2 Å². The maximum atomic E-state index is 12.7. The van der Waals surface area contributed by atoms with E-state index in [-0.39, 0.29) is 12.5 Å². The summed E-state index contributed by atoms with van der Waals surface area (Å²) < 4.78 is 54.4. The molecular formula is C23H21F3N4O3. The summed E-state index contributed by atoms with van der Waals surface area (Å²) in [5, 5.41) is 0. The molecule has 172 valence electrons. The Morgan fingerprint density at radius 3 is 2.48 bits per heavy atom.